The molecule has 1 atom stereocenters. The minimum Gasteiger partial charge on any atom is -2.00 e. The molecule has 0 heterocycles. The van der Waals surface area contributed by atoms with Gasteiger partial charge < -0.3 is 16.4 Å². The first-order valence-electron chi connectivity index (χ1n) is 0.236. The van der Waals surface area contributed by atoms with E-state index in [1.165, 1.54) is 9.12 Å². The molecule has 41 valence electrons. The minimum absolute atomic E-state index is 0. The van der Waals surface area contributed by atoms with Gasteiger partial charge in [-0.3, -0.25) is 0 Å². The summed E-state index contributed by atoms with van der Waals surface area (Å²) in [6.07, 6.45) is 0. The predicted octanol–water partition coefficient (Wildman–Crippen LogP) is -0.152. The smallest absolute Gasteiger partial charge is 0.310 e. The number of hydrogen-bond donors (Lipinski definition) is 0. The monoisotopic (exact) mass is 148 g/mol. The second-order valence-electron chi connectivity index (χ2n) is 0. The van der Waals surface area contributed by atoms with Crippen LogP contribution in [0.25, 0.3) is 0 Å². The van der Waals surface area contributed by atoms with E-state index >= 15 is 0 Å². The van der Waals surface area contributed by atoms with Gasteiger partial charge in [0.15, 0.2) is 0 Å². The molecule has 1 unspecified atom stereocenters. The number of hydrogen-bond acceptors (Lipinski definition) is 1. The predicted molar refractivity (Wildman–Crippen MR) is 12.5 cm³/mol. The van der Waals surface area contributed by atoms with Crippen LogP contribution in [-0.4, -0.2) is 0 Å². The molecule has 0 aliphatic rings. The first kappa shape index (κ1) is 83.0. The molecule has 0 N–H and O–H groups in total. The van der Waals surface area contributed by atoms with E-state index in [1.807, 2.05) is 0 Å². The van der Waals surface area contributed by atoms with Gasteiger partial charge in [0.25, 0.3) is 0 Å². The van der Waals surface area contributed by atoms with Crippen molar-refractivity contribution in [2.75, 3.05) is 0 Å². The second kappa shape index (κ2) is 364. The summed E-state index contributed by atoms with van der Waals surface area (Å²) in [6, 6.07) is 0. The summed E-state index contributed by atoms with van der Waals surface area (Å²) in [4.78, 5) is 0. The zero-order chi connectivity index (χ0) is 2.00. The molecule has 0 saturated carbocycles. The van der Waals surface area contributed by atoms with Crippen LogP contribution in [0.4, 0.5) is 0 Å². The Balaban J connectivity index is -0.000000000833. The van der Waals surface area contributed by atoms with Crippen LogP contribution >= 0.6 is 9.12 Å². The average molecular weight is 148 g/mol. The summed E-state index contributed by atoms with van der Waals surface area (Å²) in [6.45, 7) is 0. The van der Waals surface area contributed by atoms with E-state index in [-0.39, 0.29) is 35.0 Å². The molecule has 0 saturated heterocycles. The van der Waals surface area contributed by atoms with Crippen molar-refractivity contribution in [3.8, 4) is 0 Å². The van der Waals surface area contributed by atoms with E-state index < -0.39 is 0 Å². The molecule has 0 fully saturated rings. The molecule has 6 heteroatoms. The van der Waals surface area contributed by atoms with Gasteiger partial charge in [0.1, 0.15) is 0 Å². The first-order valence-corrected chi connectivity index (χ1v) is 0.707. The molecule has 0 aromatic heterocycles. The fourth-order valence-electron chi connectivity index (χ4n) is 0. The van der Waals surface area contributed by atoms with Gasteiger partial charge in [0.05, 0.1) is 0 Å². The van der Waals surface area contributed by atoms with Gasteiger partial charge in [-0.05, 0) is 0 Å². The van der Waals surface area contributed by atoms with Crippen molar-refractivity contribution in [3.63, 3.8) is 0 Å². The van der Waals surface area contributed by atoms with Crippen LogP contribution in [0.2, 0.25) is 0 Å². The molecule has 0 rings (SSSR count). The van der Waals surface area contributed by atoms with Gasteiger partial charge in [0, 0.05) is 18.6 Å². The van der Waals surface area contributed by atoms with Crippen molar-refractivity contribution in [3.05, 3.63) is 0 Å². The molecule has 1 radical (unpaired) electrons. The van der Waals surface area contributed by atoms with Gasteiger partial charge >= 0.3 is 9.12 Å². The summed E-state index contributed by atoms with van der Waals surface area (Å²) in [5.74, 6) is 0. The molecule has 0 aromatic carbocycles. The standard InChI is InChI=1S/H2OP.3O.V/c1-2;;;;/h2H2;;;;/q+1;3*-2;. The third-order valence-electron chi connectivity index (χ3n) is 0. The topological polar surface area (TPSA) is 103 Å². The Morgan fingerprint density at radius 2 is 0.833 bits per heavy atom. The van der Waals surface area contributed by atoms with Crippen molar-refractivity contribution in [1.82, 2.24) is 0 Å². The van der Waals surface area contributed by atoms with Gasteiger partial charge in [-0.1, -0.05) is 4.57 Å². The van der Waals surface area contributed by atoms with Crippen LogP contribution in [0.3, 0.4) is 0 Å². The van der Waals surface area contributed by atoms with Crippen molar-refractivity contribution in [2.45, 2.75) is 0 Å². The van der Waals surface area contributed by atoms with Crippen LogP contribution in [0.15, 0.2) is 0 Å². The summed E-state index contributed by atoms with van der Waals surface area (Å²) in [5.41, 5.74) is 0. The van der Waals surface area contributed by atoms with Crippen LogP contribution in [0, 0.1) is 0 Å². The third kappa shape index (κ3) is 182. The SMILES string of the molecule is O=[PH2+].[O-2].[O-2].[O-2].[V]. The molecule has 0 bridgehead atoms. The van der Waals surface area contributed by atoms with E-state index in [9.17, 15) is 0 Å². The Kier molecular flexibility index (Phi) is 5040. The number of rotatable bonds is 0. The van der Waals surface area contributed by atoms with Crippen molar-refractivity contribution >= 4 is 9.12 Å². The summed E-state index contributed by atoms with van der Waals surface area (Å²) >= 11 is 0. The van der Waals surface area contributed by atoms with Crippen LogP contribution in [0.1, 0.15) is 0 Å². The minimum atomic E-state index is 0. The van der Waals surface area contributed by atoms with Crippen LogP contribution in [0.5, 0.6) is 0 Å². The summed E-state index contributed by atoms with van der Waals surface area (Å²) < 4.78 is 8.17. The Hall–Kier alpha value is 0.564. The maximum atomic E-state index is 8.17. The Labute approximate surface area is 49.4 Å². The van der Waals surface area contributed by atoms with Crippen molar-refractivity contribution < 1.29 is 39.5 Å². The maximum absolute atomic E-state index is 8.17. The quantitative estimate of drug-likeness (QED) is 0.437. The Morgan fingerprint density at radius 3 is 0.833 bits per heavy atom. The largest absolute Gasteiger partial charge is 2.00 e. The fourth-order valence-corrected chi connectivity index (χ4v) is 0. The van der Waals surface area contributed by atoms with E-state index in [0.29, 0.717) is 0 Å². The van der Waals surface area contributed by atoms with E-state index in [2.05, 4.69) is 0 Å². The second-order valence-corrected chi connectivity index (χ2v) is 0. The Morgan fingerprint density at radius 1 is 0.833 bits per heavy atom. The molecule has 4 nitrogen and oxygen atoms in total. The molecular formula is H2O4PV-5. The maximum Gasteiger partial charge on any atom is 0.310 e. The zero-order valence-corrected chi connectivity index (χ0v) is 5.21. The van der Waals surface area contributed by atoms with Crippen molar-refractivity contribution in [1.29, 1.82) is 0 Å². The molecule has 0 spiro atoms. The van der Waals surface area contributed by atoms with E-state index in [1.54, 1.807) is 0 Å². The fraction of sp³-hybridized carbons (Fsp3) is 0. The zero-order valence-electron chi connectivity index (χ0n) is 2.66. The molecule has 0 aliphatic heterocycles. The molecule has 0 amide bonds. The third-order valence-corrected chi connectivity index (χ3v) is 0. The van der Waals surface area contributed by atoms with Gasteiger partial charge in [-0.2, -0.15) is 0 Å². The molecule has 0 aliphatic carbocycles. The average Bonchev–Trinajstić information content (AvgIpc) is 1.00. The molecular weight excluding hydrogens is 146 g/mol. The molecule has 0 aromatic rings. The summed E-state index contributed by atoms with van der Waals surface area (Å²) in [7, 11) is 1.17. The Bertz CT molecular complexity index is 7.51. The van der Waals surface area contributed by atoms with Crippen LogP contribution < -0.4 is 0 Å². The van der Waals surface area contributed by atoms with Crippen LogP contribution in [-0.2, 0) is 39.5 Å². The first-order chi connectivity index (χ1) is 1.00. The van der Waals surface area contributed by atoms with Gasteiger partial charge in [0.2, 0.25) is 0 Å². The normalized spacial score (nSPS) is 0.667. The van der Waals surface area contributed by atoms with Crippen molar-refractivity contribution in [2.24, 2.45) is 0 Å². The van der Waals surface area contributed by atoms with Gasteiger partial charge in [-0.15, -0.1) is 0 Å². The molecule has 6 heavy (non-hydrogen) atoms. The van der Waals surface area contributed by atoms with Gasteiger partial charge in [-0.25, -0.2) is 0 Å². The summed E-state index contributed by atoms with van der Waals surface area (Å²) in [5, 5.41) is 0. The van der Waals surface area contributed by atoms with E-state index in [4.69, 9.17) is 4.57 Å². The van der Waals surface area contributed by atoms with E-state index in [0.717, 1.165) is 0 Å².